The lowest BCUT2D eigenvalue weighted by molar-refractivity contribution is 0.0960. The summed E-state index contributed by atoms with van der Waals surface area (Å²) < 4.78 is 1.60. The predicted octanol–water partition coefficient (Wildman–Crippen LogP) is -1.26. The molecule has 0 aliphatic carbocycles. The predicted molar refractivity (Wildman–Crippen MR) is 44.1 cm³/mol. The van der Waals surface area contributed by atoms with Crippen LogP contribution in [0.3, 0.4) is 0 Å². The van der Waals surface area contributed by atoms with Crippen molar-refractivity contribution < 1.29 is 4.79 Å². The van der Waals surface area contributed by atoms with Crippen LogP contribution in [0, 0.1) is 0 Å². The smallest absolute Gasteiger partial charge is 0.253 e. The Kier molecular flexibility index (Phi) is 2.30. The van der Waals surface area contributed by atoms with Crippen molar-refractivity contribution in [3.05, 3.63) is 18.0 Å². The van der Waals surface area contributed by atoms with E-state index in [-0.39, 0.29) is 5.91 Å². The summed E-state index contributed by atoms with van der Waals surface area (Å²) in [7, 11) is 3.66. The first-order valence-electron chi connectivity index (χ1n) is 3.51. The SMILES string of the molecule is BCNC(=O)c1cnn(C)c1. The maximum absolute atomic E-state index is 11.1. The van der Waals surface area contributed by atoms with Crippen molar-refractivity contribution in [2.24, 2.45) is 7.05 Å². The van der Waals surface area contributed by atoms with Crippen molar-refractivity contribution in [2.75, 3.05) is 6.44 Å². The molecule has 0 radical (unpaired) electrons. The van der Waals surface area contributed by atoms with Crippen LogP contribution in [0.15, 0.2) is 12.4 Å². The molecule has 4 nitrogen and oxygen atoms in total. The number of nitrogens with one attached hydrogen (secondary N) is 1. The number of nitrogens with zero attached hydrogens (tertiary/aromatic N) is 2. The molecule has 0 atom stereocenters. The zero-order valence-electron chi connectivity index (χ0n) is 6.66. The first kappa shape index (κ1) is 7.85. The quantitative estimate of drug-likeness (QED) is 0.536. The van der Waals surface area contributed by atoms with E-state index >= 15 is 0 Å². The standard InChI is InChI=1S/C6H10BN3O/c1-10-3-5(2-9-10)6(11)8-4-7/h2-3H,4,7H2,1H3,(H,8,11). The average molecular weight is 151 g/mol. The summed E-state index contributed by atoms with van der Waals surface area (Å²) >= 11 is 0. The van der Waals surface area contributed by atoms with Gasteiger partial charge in [-0.2, -0.15) is 5.10 Å². The molecule has 0 fully saturated rings. The summed E-state index contributed by atoms with van der Waals surface area (Å²) in [6.07, 6.45) is 3.88. The fourth-order valence-electron chi connectivity index (χ4n) is 0.801. The highest BCUT2D eigenvalue weighted by Gasteiger charge is 2.04. The minimum Gasteiger partial charge on any atom is -0.360 e. The number of carbonyl (C=O) groups excluding carboxylic acids is 1. The molecule has 11 heavy (non-hydrogen) atoms. The molecular formula is C6H10BN3O. The summed E-state index contributed by atoms with van der Waals surface area (Å²) in [5.74, 6) is -0.0689. The number of aromatic nitrogens is 2. The Labute approximate surface area is 66.0 Å². The molecule has 0 unspecified atom stereocenters. The fourth-order valence-corrected chi connectivity index (χ4v) is 0.801. The number of hydrogen-bond donors (Lipinski definition) is 1. The lowest BCUT2D eigenvalue weighted by Gasteiger charge is -1.95. The number of hydrogen-bond acceptors (Lipinski definition) is 2. The minimum atomic E-state index is -0.0689. The van der Waals surface area contributed by atoms with Crippen LogP contribution >= 0.6 is 0 Å². The third-order valence-corrected chi connectivity index (χ3v) is 1.30. The van der Waals surface area contributed by atoms with Gasteiger partial charge in [-0.05, 0) is 6.44 Å². The van der Waals surface area contributed by atoms with Crippen LogP contribution in [0.1, 0.15) is 10.4 Å². The number of amides is 1. The highest BCUT2D eigenvalue weighted by atomic mass is 16.1. The molecule has 1 heterocycles. The van der Waals surface area contributed by atoms with E-state index in [1.165, 1.54) is 0 Å². The highest BCUT2D eigenvalue weighted by Crippen LogP contribution is 1.94. The molecule has 0 spiro atoms. The van der Waals surface area contributed by atoms with Gasteiger partial charge >= 0.3 is 0 Å². The van der Waals surface area contributed by atoms with E-state index < -0.39 is 0 Å². The first-order valence-corrected chi connectivity index (χ1v) is 3.51. The molecular weight excluding hydrogens is 141 g/mol. The Morgan fingerprint density at radius 3 is 3.09 bits per heavy atom. The summed E-state index contributed by atoms with van der Waals surface area (Å²) in [5.41, 5.74) is 0.606. The normalized spacial score (nSPS) is 9.55. The van der Waals surface area contributed by atoms with Crippen LogP contribution in [0.5, 0.6) is 0 Å². The van der Waals surface area contributed by atoms with Crippen LogP contribution in [0.25, 0.3) is 0 Å². The Morgan fingerprint density at radius 1 is 1.91 bits per heavy atom. The van der Waals surface area contributed by atoms with Crippen LogP contribution in [0.4, 0.5) is 0 Å². The van der Waals surface area contributed by atoms with Crippen LogP contribution < -0.4 is 5.32 Å². The molecule has 0 aromatic carbocycles. The topological polar surface area (TPSA) is 46.9 Å². The largest absolute Gasteiger partial charge is 0.360 e. The van der Waals surface area contributed by atoms with Gasteiger partial charge in [0, 0.05) is 13.2 Å². The molecule has 0 saturated carbocycles. The monoisotopic (exact) mass is 151 g/mol. The second kappa shape index (κ2) is 3.23. The van der Waals surface area contributed by atoms with Crippen molar-refractivity contribution in [3.63, 3.8) is 0 Å². The lowest BCUT2D eigenvalue weighted by Crippen LogP contribution is -2.23. The summed E-state index contributed by atoms with van der Waals surface area (Å²) in [6.45, 7) is 0. The summed E-state index contributed by atoms with van der Waals surface area (Å²) in [5, 5.41) is 6.56. The van der Waals surface area contributed by atoms with Gasteiger partial charge in [0.25, 0.3) is 5.91 Å². The van der Waals surface area contributed by atoms with Crippen LogP contribution in [0.2, 0.25) is 0 Å². The Bertz CT molecular complexity index is 258. The second-order valence-electron chi connectivity index (χ2n) is 2.26. The average Bonchev–Trinajstić information content (AvgIpc) is 2.36. The molecule has 1 aromatic heterocycles. The van der Waals surface area contributed by atoms with E-state index in [0.29, 0.717) is 12.0 Å². The van der Waals surface area contributed by atoms with Gasteiger partial charge in [0.05, 0.1) is 11.8 Å². The summed E-state index contributed by atoms with van der Waals surface area (Å²) in [4.78, 5) is 11.1. The van der Waals surface area contributed by atoms with E-state index in [9.17, 15) is 4.79 Å². The Hall–Kier alpha value is -1.26. The maximum atomic E-state index is 11.1. The zero-order valence-corrected chi connectivity index (χ0v) is 6.66. The van der Waals surface area contributed by atoms with Gasteiger partial charge in [0.1, 0.15) is 7.85 Å². The van der Waals surface area contributed by atoms with Gasteiger partial charge in [0.2, 0.25) is 0 Å². The first-order chi connectivity index (χ1) is 5.24. The van der Waals surface area contributed by atoms with Gasteiger partial charge in [0.15, 0.2) is 0 Å². The number of rotatable bonds is 2. The van der Waals surface area contributed by atoms with E-state index in [1.54, 1.807) is 24.1 Å². The van der Waals surface area contributed by atoms with Crippen molar-refractivity contribution in [1.82, 2.24) is 15.1 Å². The highest BCUT2D eigenvalue weighted by molar-refractivity contribution is 6.11. The number of carbonyl (C=O) groups is 1. The number of aryl methyl sites for hydroxylation is 1. The third kappa shape index (κ3) is 1.83. The summed E-state index contributed by atoms with van der Waals surface area (Å²) in [6, 6.07) is 0. The van der Waals surface area contributed by atoms with Crippen molar-refractivity contribution >= 4 is 13.8 Å². The van der Waals surface area contributed by atoms with Gasteiger partial charge < -0.3 is 5.32 Å². The van der Waals surface area contributed by atoms with E-state index in [4.69, 9.17) is 0 Å². The molecule has 5 heteroatoms. The van der Waals surface area contributed by atoms with Crippen molar-refractivity contribution in [3.8, 4) is 0 Å². The maximum Gasteiger partial charge on any atom is 0.253 e. The molecule has 1 amide bonds. The van der Waals surface area contributed by atoms with Crippen LogP contribution in [-0.2, 0) is 7.05 Å². The second-order valence-corrected chi connectivity index (χ2v) is 2.26. The van der Waals surface area contributed by atoms with Crippen LogP contribution in [-0.4, -0.2) is 30.0 Å². The van der Waals surface area contributed by atoms with Gasteiger partial charge in [-0.1, -0.05) is 0 Å². The molecule has 1 rings (SSSR count). The molecule has 1 N–H and O–H groups in total. The van der Waals surface area contributed by atoms with Gasteiger partial charge in [-0.15, -0.1) is 0 Å². The van der Waals surface area contributed by atoms with Gasteiger partial charge in [-0.25, -0.2) is 0 Å². The molecule has 0 bridgehead atoms. The zero-order chi connectivity index (χ0) is 8.27. The Morgan fingerprint density at radius 2 is 2.64 bits per heavy atom. The fraction of sp³-hybridized carbons (Fsp3) is 0.333. The van der Waals surface area contributed by atoms with Crippen molar-refractivity contribution in [1.29, 1.82) is 0 Å². The molecule has 0 aliphatic rings. The molecule has 0 aliphatic heterocycles. The Balaban J connectivity index is 2.69. The third-order valence-electron chi connectivity index (χ3n) is 1.30. The van der Waals surface area contributed by atoms with E-state index in [2.05, 4.69) is 10.4 Å². The van der Waals surface area contributed by atoms with E-state index in [1.807, 2.05) is 7.85 Å². The lowest BCUT2D eigenvalue weighted by atomic mass is 10.1. The molecule has 1 aromatic rings. The van der Waals surface area contributed by atoms with Crippen molar-refractivity contribution in [2.45, 2.75) is 0 Å². The minimum absolute atomic E-state index is 0.0689. The molecule has 58 valence electrons. The van der Waals surface area contributed by atoms with E-state index in [0.717, 1.165) is 0 Å². The van der Waals surface area contributed by atoms with Gasteiger partial charge in [-0.3, -0.25) is 9.48 Å². The molecule has 0 saturated heterocycles.